The number of piperidine rings is 1. The Morgan fingerprint density at radius 1 is 1.14 bits per heavy atom. The van der Waals surface area contributed by atoms with Crippen molar-refractivity contribution < 1.29 is 37.0 Å². The number of hydrogen-bond donors (Lipinski definition) is 0. The fourth-order valence-electron chi connectivity index (χ4n) is 5.42. The molecule has 0 amide bonds. The average molecular weight is 618 g/mol. The van der Waals surface area contributed by atoms with Crippen molar-refractivity contribution in [3.05, 3.63) is 57.9 Å². The quantitative estimate of drug-likeness (QED) is 0.333. The van der Waals surface area contributed by atoms with Gasteiger partial charge in [0, 0.05) is 43.3 Å². The molecule has 3 aromatic rings. The molecule has 0 N–H and O–H groups in total. The van der Waals surface area contributed by atoms with Gasteiger partial charge in [-0.2, -0.15) is 22.8 Å². The summed E-state index contributed by atoms with van der Waals surface area (Å²) in [6.45, 7) is 12.4. The third kappa shape index (κ3) is 6.83. The van der Waals surface area contributed by atoms with E-state index in [1.165, 1.54) is 12.3 Å². The van der Waals surface area contributed by atoms with Crippen LogP contribution in [-0.4, -0.2) is 57.7 Å². The number of rotatable bonds is 4. The monoisotopic (exact) mass is 617 g/mol. The molecule has 6 rings (SSSR count). The molecule has 1 atom stereocenters. The van der Waals surface area contributed by atoms with E-state index < -0.39 is 35.0 Å². The number of esters is 1. The summed E-state index contributed by atoms with van der Waals surface area (Å²) in [6.07, 6.45) is -3.15. The Morgan fingerprint density at radius 3 is 2.52 bits per heavy atom. The minimum Gasteiger partial charge on any atom is -0.464 e. The first kappa shape index (κ1) is 31.7. The number of ether oxygens (including phenoxy) is 3. The summed E-state index contributed by atoms with van der Waals surface area (Å²) in [5.74, 6) is 0.154. The largest absolute Gasteiger partial charge is 0.464 e. The zero-order chi connectivity index (χ0) is 31.9. The molecule has 0 radical (unpaired) electrons. The van der Waals surface area contributed by atoms with Gasteiger partial charge in [-0.3, -0.25) is 0 Å². The van der Waals surface area contributed by atoms with Crippen molar-refractivity contribution in [3.63, 3.8) is 0 Å². The fourth-order valence-corrected chi connectivity index (χ4v) is 5.42. The molecule has 5 heterocycles. The van der Waals surface area contributed by atoms with Crippen molar-refractivity contribution >= 4 is 23.6 Å². The van der Waals surface area contributed by atoms with E-state index in [2.05, 4.69) is 10.1 Å². The number of carbonyl (C=O) groups excluding carboxylic acids is 1. The Morgan fingerprint density at radius 2 is 1.86 bits per heavy atom. The van der Waals surface area contributed by atoms with Crippen LogP contribution in [0, 0.1) is 6.92 Å². The highest BCUT2D eigenvalue weighted by Crippen LogP contribution is 2.38. The maximum atomic E-state index is 13.5. The standard InChI is InChI=1S/C31H38F3N5O5/c1-7-42-28(40)26(43-29(3,4)5)25-19(2)36-24-15-23-18-41-17-20-8-9-22(31(32,33)34)14-21(20)16-35-44-30(6)10-12-38(13-11-30)27(25)39(24)37-23/h8-9,14-16,26H,7,10-13,17-18H2,1-6H3/b35-16+/t26-/m0/s1. The van der Waals surface area contributed by atoms with Crippen molar-refractivity contribution in [3.8, 4) is 0 Å². The topological polar surface area (TPSA) is 99.8 Å². The molecule has 3 aliphatic rings. The van der Waals surface area contributed by atoms with Gasteiger partial charge in [0.2, 0.25) is 0 Å². The molecule has 1 fully saturated rings. The fraction of sp³-hybridized carbons (Fsp3) is 0.548. The summed E-state index contributed by atoms with van der Waals surface area (Å²) in [6, 6.07) is 5.26. The van der Waals surface area contributed by atoms with Crippen LogP contribution < -0.4 is 4.90 Å². The van der Waals surface area contributed by atoms with Gasteiger partial charge in [0.05, 0.1) is 48.5 Å². The summed E-state index contributed by atoms with van der Waals surface area (Å²) in [7, 11) is 0. The normalized spacial score (nSPS) is 18.6. The minimum atomic E-state index is -4.50. The molecule has 3 aliphatic heterocycles. The second-order valence-corrected chi connectivity index (χ2v) is 12.4. The lowest BCUT2D eigenvalue weighted by Crippen LogP contribution is -2.45. The number of nitrogens with zero attached hydrogens (tertiary/aromatic N) is 5. The molecule has 1 aromatic carbocycles. The molecular formula is C31H38F3N5O5. The van der Waals surface area contributed by atoms with Crippen LogP contribution in [0.1, 0.15) is 87.2 Å². The van der Waals surface area contributed by atoms with Gasteiger partial charge in [-0.05, 0) is 59.2 Å². The van der Waals surface area contributed by atoms with Crippen LogP contribution in [0.4, 0.5) is 19.0 Å². The number of fused-ring (bicyclic) bond motifs is 5. The van der Waals surface area contributed by atoms with Crippen molar-refractivity contribution in [2.75, 3.05) is 24.6 Å². The van der Waals surface area contributed by atoms with Crippen LogP contribution >= 0.6 is 0 Å². The number of alkyl halides is 3. The molecule has 0 aliphatic carbocycles. The van der Waals surface area contributed by atoms with Gasteiger partial charge in [0.25, 0.3) is 0 Å². The lowest BCUT2D eigenvalue weighted by Gasteiger charge is -2.40. The molecule has 238 valence electrons. The summed E-state index contributed by atoms with van der Waals surface area (Å²) in [5, 5.41) is 8.95. The van der Waals surface area contributed by atoms with Crippen LogP contribution in [0.25, 0.3) is 5.65 Å². The van der Waals surface area contributed by atoms with Gasteiger partial charge < -0.3 is 23.9 Å². The van der Waals surface area contributed by atoms with E-state index in [9.17, 15) is 18.0 Å². The van der Waals surface area contributed by atoms with Gasteiger partial charge in [-0.25, -0.2) is 9.78 Å². The number of aryl methyl sites for hydroxylation is 1. The van der Waals surface area contributed by atoms with Gasteiger partial charge in [0.15, 0.2) is 11.8 Å². The predicted molar refractivity (Wildman–Crippen MR) is 156 cm³/mol. The highest BCUT2D eigenvalue weighted by Gasteiger charge is 2.39. The maximum Gasteiger partial charge on any atom is 0.416 e. The van der Waals surface area contributed by atoms with E-state index in [4.69, 9.17) is 29.1 Å². The van der Waals surface area contributed by atoms with Crippen LogP contribution in [0.15, 0.2) is 29.4 Å². The summed E-state index contributed by atoms with van der Waals surface area (Å²) >= 11 is 0. The lowest BCUT2D eigenvalue weighted by atomic mass is 9.93. The highest BCUT2D eigenvalue weighted by atomic mass is 19.4. The van der Waals surface area contributed by atoms with Crippen LogP contribution in [0.5, 0.6) is 0 Å². The van der Waals surface area contributed by atoms with Gasteiger partial charge in [-0.15, -0.1) is 0 Å². The number of hydrogen-bond acceptors (Lipinski definition) is 9. The van der Waals surface area contributed by atoms with E-state index in [1.807, 2.05) is 34.6 Å². The predicted octanol–water partition coefficient (Wildman–Crippen LogP) is 5.92. The zero-order valence-corrected chi connectivity index (χ0v) is 25.8. The number of oxime groups is 1. The van der Waals surface area contributed by atoms with Crippen LogP contribution in [0.3, 0.4) is 0 Å². The number of benzene rings is 1. The van der Waals surface area contributed by atoms with Gasteiger partial charge >= 0.3 is 12.1 Å². The molecule has 2 aromatic heterocycles. The third-order valence-electron chi connectivity index (χ3n) is 7.66. The first-order valence-corrected chi connectivity index (χ1v) is 14.7. The Labute approximate surface area is 254 Å². The minimum absolute atomic E-state index is 0.0195. The number of halogens is 3. The lowest BCUT2D eigenvalue weighted by molar-refractivity contribution is -0.167. The van der Waals surface area contributed by atoms with Crippen molar-refractivity contribution in [2.45, 2.75) is 91.1 Å². The Balaban J connectivity index is 1.61. The molecular weight excluding hydrogens is 579 g/mol. The van der Waals surface area contributed by atoms with E-state index in [0.29, 0.717) is 59.9 Å². The SMILES string of the molecule is CCOC(=O)[C@@H](OC(C)(C)C)c1c(C)nc2cc3nn2c1N1CCC(C)(CC1)O/N=C/c1cc(C(F)(F)F)ccc1COC3. The first-order valence-electron chi connectivity index (χ1n) is 14.7. The molecule has 0 saturated carbocycles. The van der Waals surface area contributed by atoms with E-state index in [-0.39, 0.29) is 25.4 Å². The zero-order valence-electron chi connectivity index (χ0n) is 25.8. The van der Waals surface area contributed by atoms with Crippen molar-refractivity contribution in [1.82, 2.24) is 14.6 Å². The molecule has 4 bridgehead atoms. The van der Waals surface area contributed by atoms with E-state index in [0.717, 1.165) is 12.1 Å². The molecule has 0 unspecified atom stereocenters. The molecule has 10 nitrogen and oxygen atoms in total. The summed E-state index contributed by atoms with van der Waals surface area (Å²) in [5.41, 5.74) is 0.954. The van der Waals surface area contributed by atoms with Gasteiger partial charge in [0.1, 0.15) is 11.4 Å². The van der Waals surface area contributed by atoms with Crippen LogP contribution in [-0.2, 0) is 43.2 Å². The van der Waals surface area contributed by atoms with Crippen molar-refractivity contribution in [1.29, 1.82) is 0 Å². The molecule has 0 spiro atoms. The summed E-state index contributed by atoms with van der Waals surface area (Å²) < 4.78 is 59.8. The number of aromatic nitrogens is 3. The molecule has 13 heteroatoms. The van der Waals surface area contributed by atoms with E-state index >= 15 is 0 Å². The average Bonchev–Trinajstić information content (AvgIpc) is 3.33. The smallest absolute Gasteiger partial charge is 0.416 e. The second kappa shape index (κ2) is 12.0. The maximum absolute atomic E-state index is 13.5. The third-order valence-corrected chi connectivity index (χ3v) is 7.66. The number of carbonyl (C=O) groups is 1. The molecule has 1 saturated heterocycles. The Bertz CT molecular complexity index is 1550. The summed E-state index contributed by atoms with van der Waals surface area (Å²) in [4.78, 5) is 26.2. The molecule has 44 heavy (non-hydrogen) atoms. The second-order valence-electron chi connectivity index (χ2n) is 12.4. The highest BCUT2D eigenvalue weighted by molar-refractivity contribution is 5.82. The Kier molecular flexibility index (Phi) is 8.65. The first-order chi connectivity index (χ1) is 20.7. The van der Waals surface area contributed by atoms with Crippen molar-refractivity contribution in [2.24, 2.45) is 5.16 Å². The van der Waals surface area contributed by atoms with Gasteiger partial charge in [-0.1, -0.05) is 11.2 Å². The Hall–Kier alpha value is -3.71. The number of anilines is 1. The van der Waals surface area contributed by atoms with Crippen LogP contribution in [0.2, 0.25) is 0 Å². The van der Waals surface area contributed by atoms with E-state index in [1.54, 1.807) is 17.5 Å².